The van der Waals surface area contributed by atoms with Gasteiger partial charge in [-0.25, -0.2) is 13.2 Å². The molecule has 4 rings (SSSR count). The highest BCUT2D eigenvalue weighted by molar-refractivity contribution is 7.92. The van der Waals surface area contributed by atoms with Crippen LogP contribution in [0.3, 0.4) is 0 Å². The van der Waals surface area contributed by atoms with Gasteiger partial charge in [-0.2, -0.15) is 0 Å². The average Bonchev–Trinajstić information content (AvgIpc) is 3.18. The summed E-state index contributed by atoms with van der Waals surface area (Å²) in [5.74, 6) is 0.184. The lowest BCUT2D eigenvalue weighted by atomic mass is 10.0. The maximum atomic E-state index is 11.5. The van der Waals surface area contributed by atoms with Gasteiger partial charge in [0, 0.05) is 34.7 Å². The fraction of sp³-hybridized carbons (Fsp3) is 0.250. The van der Waals surface area contributed by atoms with Gasteiger partial charge in [-0.15, -0.1) is 0 Å². The summed E-state index contributed by atoms with van der Waals surface area (Å²) in [7, 11) is -3.39. The standard InChI is InChI=1S/C28H30ClN3O6S/c1-18(30-16-26(33)21-4-3-5-23(29)14-21)12-20-8-11-25-22(13-20)15-27(38-28(34)35)32(25)17-19-6-9-24(10-7-19)31-39(2,36)37/h3-11,13-15,18,26,30-31,33H,12,16-17H2,1-2H3,(H,34,35)/t18-,26+/m1/s1. The summed E-state index contributed by atoms with van der Waals surface area (Å²) < 4.78 is 32.2. The van der Waals surface area contributed by atoms with E-state index in [2.05, 4.69) is 10.0 Å². The number of ether oxygens (including phenoxy) is 1. The van der Waals surface area contributed by atoms with Crippen LogP contribution in [0.1, 0.15) is 29.7 Å². The minimum atomic E-state index is -3.39. The topological polar surface area (TPSA) is 130 Å². The first kappa shape index (κ1) is 28.4. The molecule has 0 saturated carbocycles. The Kier molecular flexibility index (Phi) is 8.81. The number of carbonyl (C=O) groups is 1. The van der Waals surface area contributed by atoms with E-state index in [4.69, 9.17) is 16.3 Å². The largest absolute Gasteiger partial charge is 0.512 e. The van der Waals surface area contributed by atoms with Gasteiger partial charge in [0.05, 0.1) is 24.4 Å². The third-order valence-corrected chi connectivity index (χ3v) is 6.99. The molecule has 39 heavy (non-hydrogen) atoms. The molecule has 1 aromatic heterocycles. The third kappa shape index (κ3) is 7.96. The quantitative estimate of drug-likeness (QED) is 0.186. The summed E-state index contributed by atoms with van der Waals surface area (Å²) in [4.78, 5) is 11.4. The minimum Gasteiger partial charge on any atom is -0.449 e. The zero-order valence-electron chi connectivity index (χ0n) is 21.5. The van der Waals surface area contributed by atoms with E-state index in [1.54, 1.807) is 53.1 Å². The molecular formula is C28H30ClN3O6S. The molecular weight excluding hydrogens is 542 g/mol. The maximum Gasteiger partial charge on any atom is 0.512 e. The summed E-state index contributed by atoms with van der Waals surface area (Å²) >= 11 is 6.02. The molecule has 0 amide bonds. The number of sulfonamides is 1. The number of nitrogens with one attached hydrogen (secondary N) is 2. The Hall–Kier alpha value is -3.57. The first-order chi connectivity index (χ1) is 18.5. The van der Waals surface area contributed by atoms with E-state index in [0.29, 0.717) is 30.2 Å². The molecule has 0 unspecified atom stereocenters. The second-order valence-corrected chi connectivity index (χ2v) is 11.7. The van der Waals surface area contributed by atoms with Gasteiger partial charge in [0.1, 0.15) is 0 Å². The molecule has 0 spiro atoms. The Labute approximate surface area is 232 Å². The van der Waals surface area contributed by atoms with Gasteiger partial charge < -0.3 is 24.8 Å². The summed E-state index contributed by atoms with van der Waals surface area (Å²) in [6, 6.07) is 21.6. The predicted molar refractivity (Wildman–Crippen MR) is 152 cm³/mol. The van der Waals surface area contributed by atoms with Crippen molar-refractivity contribution in [2.75, 3.05) is 17.5 Å². The molecule has 0 fully saturated rings. The van der Waals surface area contributed by atoms with Crippen molar-refractivity contribution in [1.82, 2.24) is 9.88 Å². The molecule has 0 bridgehead atoms. The first-order valence-corrected chi connectivity index (χ1v) is 14.5. The minimum absolute atomic E-state index is 0.0622. The van der Waals surface area contributed by atoms with Gasteiger partial charge in [0.15, 0.2) is 0 Å². The summed E-state index contributed by atoms with van der Waals surface area (Å²) in [5.41, 5.74) is 3.85. The van der Waals surface area contributed by atoms with Crippen LogP contribution in [0.15, 0.2) is 72.8 Å². The number of aliphatic hydroxyl groups is 1. The lowest BCUT2D eigenvalue weighted by Gasteiger charge is -2.18. The highest BCUT2D eigenvalue weighted by Crippen LogP contribution is 2.29. The number of halogens is 1. The number of anilines is 1. The molecule has 11 heteroatoms. The molecule has 2 atom stereocenters. The molecule has 0 aliphatic heterocycles. The van der Waals surface area contributed by atoms with Crippen molar-refractivity contribution in [3.8, 4) is 5.88 Å². The Morgan fingerprint density at radius 1 is 1.05 bits per heavy atom. The summed E-state index contributed by atoms with van der Waals surface area (Å²) in [5, 5.41) is 24.5. The highest BCUT2D eigenvalue weighted by Gasteiger charge is 2.16. The van der Waals surface area contributed by atoms with E-state index in [9.17, 15) is 23.4 Å². The molecule has 4 N–H and O–H groups in total. The number of hydrogen-bond acceptors (Lipinski definition) is 6. The van der Waals surface area contributed by atoms with E-state index >= 15 is 0 Å². The molecule has 3 aromatic carbocycles. The van der Waals surface area contributed by atoms with Crippen LogP contribution in [-0.4, -0.2) is 48.2 Å². The number of aliphatic hydroxyl groups excluding tert-OH is 1. The van der Waals surface area contributed by atoms with E-state index in [1.165, 1.54) is 0 Å². The van der Waals surface area contributed by atoms with Crippen molar-refractivity contribution in [3.63, 3.8) is 0 Å². The van der Waals surface area contributed by atoms with Crippen LogP contribution in [0.5, 0.6) is 5.88 Å². The van der Waals surface area contributed by atoms with Crippen LogP contribution in [0.2, 0.25) is 5.02 Å². The highest BCUT2D eigenvalue weighted by atomic mass is 35.5. The Morgan fingerprint density at radius 3 is 2.44 bits per heavy atom. The number of rotatable bonds is 11. The molecule has 4 aromatic rings. The van der Waals surface area contributed by atoms with Crippen molar-refractivity contribution in [1.29, 1.82) is 0 Å². The van der Waals surface area contributed by atoms with E-state index in [1.807, 2.05) is 31.2 Å². The van der Waals surface area contributed by atoms with Crippen molar-refractivity contribution in [3.05, 3.63) is 94.5 Å². The number of benzene rings is 3. The van der Waals surface area contributed by atoms with Crippen LogP contribution in [0, 0.1) is 0 Å². The van der Waals surface area contributed by atoms with Gasteiger partial charge in [-0.3, -0.25) is 4.72 Å². The predicted octanol–water partition coefficient (Wildman–Crippen LogP) is 5.03. The van der Waals surface area contributed by atoms with Gasteiger partial charge in [-0.1, -0.05) is 41.9 Å². The average molecular weight is 572 g/mol. The normalized spacial score (nSPS) is 13.2. The first-order valence-electron chi connectivity index (χ1n) is 12.2. The Bertz CT molecular complexity index is 1570. The van der Waals surface area contributed by atoms with E-state index in [0.717, 1.165) is 33.8 Å². The number of fused-ring (bicyclic) bond motifs is 1. The van der Waals surface area contributed by atoms with E-state index < -0.39 is 22.3 Å². The van der Waals surface area contributed by atoms with Crippen LogP contribution >= 0.6 is 11.6 Å². The molecule has 9 nitrogen and oxygen atoms in total. The lowest BCUT2D eigenvalue weighted by molar-refractivity contribution is 0.141. The Balaban J connectivity index is 1.48. The number of hydrogen-bond donors (Lipinski definition) is 4. The fourth-order valence-corrected chi connectivity index (χ4v) is 5.17. The summed E-state index contributed by atoms with van der Waals surface area (Å²) in [6.07, 6.45) is -0.330. The van der Waals surface area contributed by atoms with Crippen LogP contribution < -0.4 is 14.8 Å². The van der Waals surface area contributed by atoms with E-state index in [-0.39, 0.29) is 11.9 Å². The maximum absolute atomic E-state index is 11.5. The van der Waals surface area contributed by atoms with Gasteiger partial charge >= 0.3 is 6.16 Å². The smallest absolute Gasteiger partial charge is 0.449 e. The van der Waals surface area contributed by atoms with Crippen molar-refractivity contribution in [2.45, 2.75) is 32.0 Å². The summed E-state index contributed by atoms with van der Waals surface area (Å²) in [6.45, 7) is 2.72. The van der Waals surface area contributed by atoms with Gasteiger partial charge in [0.25, 0.3) is 0 Å². The molecule has 1 heterocycles. The zero-order valence-corrected chi connectivity index (χ0v) is 23.0. The van der Waals surface area contributed by atoms with Crippen LogP contribution in [0.25, 0.3) is 10.9 Å². The van der Waals surface area contributed by atoms with Crippen molar-refractivity contribution >= 4 is 44.4 Å². The van der Waals surface area contributed by atoms with Crippen molar-refractivity contribution in [2.24, 2.45) is 0 Å². The number of carboxylic acid groups (broad SMARTS) is 1. The van der Waals surface area contributed by atoms with Gasteiger partial charge in [-0.05, 0) is 66.4 Å². The number of nitrogens with zero attached hydrogens (tertiary/aromatic N) is 1. The van der Waals surface area contributed by atoms with Gasteiger partial charge in [0.2, 0.25) is 15.9 Å². The zero-order chi connectivity index (χ0) is 28.2. The van der Waals surface area contributed by atoms with Crippen molar-refractivity contribution < 1.29 is 28.2 Å². The SMILES string of the molecule is C[C@H](Cc1ccc2c(c1)cc(OC(=O)O)n2Cc1ccc(NS(C)(=O)=O)cc1)NC[C@H](O)c1cccc(Cl)c1. The second-order valence-electron chi connectivity index (χ2n) is 9.49. The fourth-order valence-electron chi connectivity index (χ4n) is 4.40. The third-order valence-electron chi connectivity index (χ3n) is 6.15. The molecule has 0 aliphatic rings. The monoisotopic (exact) mass is 571 g/mol. The second kappa shape index (κ2) is 12.1. The molecule has 0 radical (unpaired) electrons. The van der Waals surface area contributed by atoms with Crippen LogP contribution in [0.4, 0.5) is 10.5 Å². The number of aromatic nitrogens is 1. The Morgan fingerprint density at radius 2 is 1.77 bits per heavy atom. The lowest BCUT2D eigenvalue weighted by Crippen LogP contribution is -2.32. The molecule has 0 saturated heterocycles. The van der Waals surface area contributed by atoms with Crippen LogP contribution in [-0.2, 0) is 23.0 Å². The molecule has 0 aliphatic carbocycles. The molecule has 206 valence electrons.